The van der Waals surface area contributed by atoms with Crippen LogP contribution in [0.15, 0.2) is 36.9 Å². The Bertz CT molecular complexity index is 751. The molecule has 0 bridgehead atoms. The van der Waals surface area contributed by atoms with E-state index in [1.807, 2.05) is 24.4 Å². The van der Waals surface area contributed by atoms with Gasteiger partial charge in [-0.25, -0.2) is 4.98 Å². The maximum absolute atomic E-state index is 5.61. The Labute approximate surface area is 109 Å². The molecule has 5 heteroatoms. The van der Waals surface area contributed by atoms with Crippen LogP contribution in [0, 0.1) is 0 Å². The van der Waals surface area contributed by atoms with E-state index in [1.54, 1.807) is 12.5 Å². The number of nitrogens with one attached hydrogen (secondary N) is 1. The summed E-state index contributed by atoms with van der Waals surface area (Å²) in [6.07, 6.45) is 5.26. The van der Waals surface area contributed by atoms with E-state index >= 15 is 0 Å². The fraction of sp³-hybridized carbons (Fsp3) is 0.143. The van der Waals surface area contributed by atoms with E-state index < -0.39 is 0 Å². The maximum Gasteiger partial charge on any atom is 0.161 e. The lowest BCUT2D eigenvalue weighted by atomic mass is 10.1. The summed E-state index contributed by atoms with van der Waals surface area (Å²) >= 11 is 0. The number of ether oxygens (including phenoxy) is 2. The van der Waals surface area contributed by atoms with Gasteiger partial charge >= 0.3 is 0 Å². The Morgan fingerprint density at radius 2 is 1.95 bits per heavy atom. The summed E-state index contributed by atoms with van der Waals surface area (Å²) in [6, 6.07) is 5.90. The number of rotatable bonds is 1. The molecule has 0 saturated carbocycles. The molecule has 0 aliphatic carbocycles. The van der Waals surface area contributed by atoms with Crippen LogP contribution in [-0.4, -0.2) is 28.2 Å². The quantitative estimate of drug-likeness (QED) is 0.723. The minimum absolute atomic E-state index is 0.585. The zero-order valence-corrected chi connectivity index (χ0v) is 10.1. The number of imidazole rings is 1. The highest BCUT2D eigenvalue weighted by Crippen LogP contribution is 2.35. The molecule has 0 amide bonds. The van der Waals surface area contributed by atoms with Gasteiger partial charge in [0.05, 0.1) is 23.6 Å². The van der Waals surface area contributed by atoms with Crippen molar-refractivity contribution in [1.29, 1.82) is 0 Å². The fourth-order valence-corrected chi connectivity index (χ4v) is 2.29. The van der Waals surface area contributed by atoms with Crippen molar-refractivity contribution in [3.05, 3.63) is 36.9 Å². The summed E-state index contributed by atoms with van der Waals surface area (Å²) in [6.45, 7) is 1.18. The van der Waals surface area contributed by atoms with Crippen LogP contribution in [-0.2, 0) is 0 Å². The minimum atomic E-state index is 0.585. The van der Waals surface area contributed by atoms with Crippen molar-refractivity contribution in [2.75, 3.05) is 13.2 Å². The highest BCUT2D eigenvalue weighted by atomic mass is 16.6. The van der Waals surface area contributed by atoms with Gasteiger partial charge in [-0.15, -0.1) is 0 Å². The summed E-state index contributed by atoms with van der Waals surface area (Å²) in [5.74, 6) is 1.56. The predicted molar refractivity (Wildman–Crippen MR) is 70.3 cm³/mol. The molecule has 0 atom stereocenters. The van der Waals surface area contributed by atoms with Crippen LogP contribution in [0.4, 0.5) is 0 Å². The molecule has 94 valence electrons. The number of benzene rings is 1. The summed E-state index contributed by atoms with van der Waals surface area (Å²) in [5.41, 5.74) is 3.84. The van der Waals surface area contributed by atoms with Crippen molar-refractivity contribution in [3.8, 4) is 22.6 Å². The van der Waals surface area contributed by atoms with Crippen molar-refractivity contribution >= 4 is 11.0 Å². The van der Waals surface area contributed by atoms with E-state index in [0.717, 1.165) is 33.7 Å². The SMILES string of the molecule is c1nc2c(-c3ccc4c(c3)OCCO4)cncc2[nH]1. The molecule has 1 aromatic carbocycles. The van der Waals surface area contributed by atoms with E-state index in [9.17, 15) is 0 Å². The molecule has 19 heavy (non-hydrogen) atoms. The smallest absolute Gasteiger partial charge is 0.161 e. The molecule has 2 aromatic heterocycles. The molecule has 0 unspecified atom stereocenters. The van der Waals surface area contributed by atoms with Gasteiger partial charge in [0.15, 0.2) is 11.5 Å². The van der Waals surface area contributed by atoms with Gasteiger partial charge in [0.2, 0.25) is 0 Å². The van der Waals surface area contributed by atoms with E-state index in [-0.39, 0.29) is 0 Å². The first-order chi connectivity index (χ1) is 9.42. The number of H-pyrrole nitrogens is 1. The first-order valence-corrected chi connectivity index (χ1v) is 6.09. The molecule has 3 heterocycles. The van der Waals surface area contributed by atoms with Crippen LogP contribution >= 0.6 is 0 Å². The summed E-state index contributed by atoms with van der Waals surface area (Å²) in [4.78, 5) is 11.6. The molecular formula is C14H11N3O2. The van der Waals surface area contributed by atoms with Crippen molar-refractivity contribution in [1.82, 2.24) is 15.0 Å². The number of nitrogens with zero attached hydrogens (tertiary/aromatic N) is 2. The summed E-state index contributed by atoms with van der Waals surface area (Å²) < 4.78 is 11.1. The minimum Gasteiger partial charge on any atom is -0.486 e. The van der Waals surface area contributed by atoms with Gasteiger partial charge in [-0.3, -0.25) is 4.98 Å². The van der Waals surface area contributed by atoms with E-state index in [2.05, 4.69) is 15.0 Å². The molecule has 1 aliphatic rings. The van der Waals surface area contributed by atoms with Crippen molar-refractivity contribution in [3.63, 3.8) is 0 Å². The highest BCUT2D eigenvalue weighted by molar-refractivity contribution is 5.91. The highest BCUT2D eigenvalue weighted by Gasteiger charge is 2.14. The van der Waals surface area contributed by atoms with Crippen LogP contribution in [0.25, 0.3) is 22.2 Å². The molecular weight excluding hydrogens is 242 g/mol. The second kappa shape index (κ2) is 3.98. The number of fused-ring (bicyclic) bond motifs is 2. The van der Waals surface area contributed by atoms with Crippen LogP contribution in [0.5, 0.6) is 11.5 Å². The van der Waals surface area contributed by atoms with Crippen LogP contribution in [0.2, 0.25) is 0 Å². The number of hydrogen-bond acceptors (Lipinski definition) is 4. The Balaban J connectivity index is 1.90. The van der Waals surface area contributed by atoms with E-state index in [1.165, 1.54) is 0 Å². The van der Waals surface area contributed by atoms with Crippen molar-refractivity contribution in [2.24, 2.45) is 0 Å². The third-order valence-corrected chi connectivity index (χ3v) is 3.18. The molecule has 4 rings (SSSR count). The van der Waals surface area contributed by atoms with Crippen molar-refractivity contribution in [2.45, 2.75) is 0 Å². The number of pyridine rings is 1. The molecule has 0 saturated heterocycles. The third kappa shape index (κ3) is 1.62. The van der Waals surface area contributed by atoms with Crippen LogP contribution in [0.1, 0.15) is 0 Å². The van der Waals surface area contributed by atoms with Gasteiger partial charge in [-0.1, -0.05) is 6.07 Å². The third-order valence-electron chi connectivity index (χ3n) is 3.18. The number of aromatic amines is 1. The van der Waals surface area contributed by atoms with Crippen LogP contribution in [0.3, 0.4) is 0 Å². The largest absolute Gasteiger partial charge is 0.486 e. The van der Waals surface area contributed by atoms with Gasteiger partial charge in [-0.2, -0.15) is 0 Å². The van der Waals surface area contributed by atoms with Gasteiger partial charge in [-0.05, 0) is 17.7 Å². The zero-order chi connectivity index (χ0) is 12.7. The normalized spacial score (nSPS) is 13.7. The average molecular weight is 253 g/mol. The molecule has 1 N–H and O–H groups in total. The average Bonchev–Trinajstić information content (AvgIpc) is 2.95. The maximum atomic E-state index is 5.61. The lowest BCUT2D eigenvalue weighted by molar-refractivity contribution is 0.171. The molecule has 1 aliphatic heterocycles. The fourth-order valence-electron chi connectivity index (χ4n) is 2.29. The van der Waals surface area contributed by atoms with Crippen molar-refractivity contribution < 1.29 is 9.47 Å². The Morgan fingerprint density at radius 3 is 2.89 bits per heavy atom. The Kier molecular flexibility index (Phi) is 2.17. The Hall–Kier alpha value is -2.56. The lowest BCUT2D eigenvalue weighted by Crippen LogP contribution is -2.15. The molecule has 3 aromatic rings. The van der Waals surface area contributed by atoms with Gasteiger partial charge in [0.1, 0.15) is 13.2 Å². The predicted octanol–water partition coefficient (Wildman–Crippen LogP) is 2.40. The lowest BCUT2D eigenvalue weighted by Gasteiger charge is -2.18. The van der Waals surface area contributed by atoms with Gasteiger partial charge in [0.25, 0.3) is 0 Å². The number of hydrogen-bond donors (Lipinski definition) is 1. The van der Waals surface area contributed by atoms with E-state index in [4.69, 9.17) is 9.47 Å². The van der Waals surface area contributed by atoms with Gasteiger partial charge in [0, 0.05) is 11.8 Å². The van der Waals surface area contributed by atoms with Crippen LogP contribution < -0.4 is 9.47 Å². The molecule has 5 nitrogen and oxygen atoms in total. The Morgan fingerprint density at radius 1 is 1.05 bits per heavy atom. The standard InChI is InChI=1S/C14H11N3O2/c1-2-12-13(19-4-3-18-12)5-9(1)10-6-15-7-11-14(10)17-8-16-11/h1-2,5-8H,3-4H2,(H,16,17). The summed E-state index contributed by atoms with van der Waals surface area (Å²) in [7, 11) is 0. The molecule has 0 spiro atoms. The zero-order valence-electron chi connectivity index (χ0n) is 10.1. The first kappa shape index (κ1) is 10.4. The summed E-state index contributed by atoms with van der Waals surface area (Å²) in [5, 5.41) is 0. The monoisotopic (exact) mass is 253 g/mol. The topological polar surface area (TPSA) is 60.0 Å². The first-order valence-electron chi connectivity index (χ1n) is 6.09. The van der Waals surface area contributed by atoms with E-state index in [0.29, 0.717) is 13.2 Å². The molecule has 0 fully saturated rings. The molecule has 0 radical (unpaired) electrons. The second-order valence-electron chi connectivity index (χ2n) is 4.34. The second-order valence-corrected chi connectivity index (χ2v) is 4.34. The van der Waals surface area contributed by atoms with Gasteiger partial charge < -0.3 is 14.5 Å². The number of aromatic nitrogens is 3.